The van der Waals surface area contributed by atoms with Crippen molar-refractivity contribution in [3.05, 3.63) is 36.0 Å². The Morgan fingerprint density at radius 1 is 1.16 bits per heavy atom. The molecule has 0 atom stereocenters. The molecule has 2 heterocycles. The van der Waals surface area contributed by atoms with Gasteiger partial charge in [-0.05, 0) is 32.0 Å². The van der Waals surface area contributed by atoms with E-state index in [0.29, 0.717) is 31.5 Å². The van der Waals surface area contributed by atoms with E-state index in [1.165, 1.54) is 0 Å². The van der Waals surface area contributed by atoms with E-state index in [4.69, 9.17) is 9.47 Å². The van der Waals surface area contributed by atoms with E-state index in [9.17, 15) is 9.59 Å². The van der Waals surface area contributed by atoms with E-state index in [-0.39, 0.29) is 24.3 Å². The van der Waals surface area contributed by atoms with Gasteiger partial charge < -0.3 is 18.9 Å². The van der Waals surface area contributed by atoms with E-state index in [1.54, 1.807) is 11.0 Å². The fraction of sp³-hybridized carbons (Fsp3) is 0.474. The number of carbonyl (C=O) groups is 2. The number of piperidine rings is 1. The summed E-state index contributed by atoms with van der Waals surface area (Å²) in [5.74, 6) is -0.306. The average molecular weight is 344 g/mol. The van der Waals surface area contributed by atoms with Crippen LogP contribution < -0.4 is 0 Å². The van der Waals surface area contributed by atoms with E-state index in [1.807, 2.05) is 49.9 Å². The summed E-state index contributed by atoms with van der Waals surface area (Å²) in [7, 11) is 1.95. The van der Waals surface area contributed by atoms with Crippen molar-refractivity contribution in [1.29, 1.82) is 0 Å². The van der Waals surface area contributed by atoms with Crippen LogP contribution in [0.3, 0.4) is 0 Å². The number of likely N-dealkylation sites (tertiary alicyclic amines) is 1. The highest BCUT2D eigenvalue weighted by molar-refractivity contribution is 6.03. The zero-order chi connectivity index (χ0) is 18.0. The molecule has 6 nitrogen and oxygen atoms in total. The molecule has 134 valence electrons. The first-order chi connectivity index (χ1) is 12.0. The number of fused-ring (bicyclic) bond motifs is 1. The van der Waals surface area contributed by atoms with Gasteiger partial charge in [0.1, 0.15) is 6.10 Å². The van der Waals surface area contributed by atoms with Gasteiger partial charge in [-0.15, -0.1) is 0 Å². The number of carbonyl (C=O) groups excluding carboxylic acids is 2. The third-order valence-electron chi connectivity index (χ3n) is 4.46. The van der Waals surface area contributed by atoms with Gasteiger partial charge in [0, 0.05) is 50.1 Å². The molecule has 0 saturated carbocycles. The molecule has 1 amide bonds. The second kappa shape index (κ2) is 7.17. The number of hydrogen-bond donors (Lipinski definition) is 0. The Morgan fingerprint density at radius 3 is 2.56 bits per heavy atom. The number of esters is 1. The summed E-state index contributed by atoms with van der Waals surface area (Å²) in [6, 6.07) is 7.56. The maximum atomic E-state index is 12.6. The van der Waals surface area contributed by atoms with Gasteiger partial charge in [-0.25, -0.2) is 9.59 Å². The number of benzene rings is 1. The maximum Gasteiger partial charge on any atom is 0.410 e. The van der Waals surface area contributed by atoms with Crippen molar-refractivity contribution < 1.29 is 19.1 Å². The molecule has 6 heteroatoms. The van der Waals surface area contributed by atoms with E-state index < -0.39 is 0 Å². The predicted molar refractivity (Wildman–Crippen MR) is 94.5 cm³/mol. The Labute approximate surface area is 147 Å². The Morgan fingerprint density at radius 2 is 1.88 bits per heavy atom. The number of nitrogens with zero attached hydrogens (tertiary/aromatic N) is 2. The van der Waals surface area contributed by atoms with Gasteiger partial charge in [-0.1, -0.05) is 6.07 Å². The van der Waals surface area contributed by atoms with Crippen LogP contribution in [-0.4, -0.2) is 46.8 Å². The highest BCUT2D eigenvalue weighted by atomic mass is 16.6. The van der Waals surface area contributed by atoms with Gasteiger partial charge in [0.25, 0.3) is 0 Å². The zero-order valence-electron chi connectivity index (χ0n) is 14.9. The fourth-order valence-corrected chi connectivity index (χ4v) is 3.13. The Hall–Kier alpha value is -2.50. The minimum absolute atomic E-state index is 0.130. The van der Waals surface area contributed by atoms with Crippen LogP contribution in [0.15, 0.2) is 30.5 Å². The molecular formula is C19H24N2O4. The van der Waals surface area contributed by atoms with Gasteiger partial charge >= 0.3 is 12.1 Å². The summed E-state index contributed by atoms with van der Waals surface area (Å²) < 4.78 is 12.9. The quantitative estimate of drug-likeness (QED) is 0.801. The number of ether oxygens (including phenoxy) is 2. The minimum atomic E-state index is -0.306. The lowest BCUT2D eigenvalue weighted by molar-refractivity contribution is 0.00833. The standard InChI is InChI=1S/C19H24N2O4/c1-13(2)24-19(23)21-11-7-14(8-12-21)25-18(22)16-5-4-6-17-15(16)9-10-20(17)3/h4-6,9-10,13-14H,7-8,11-12H2,1-3H3. The zero-order valence-corrected chi connectivity index (χ0v) is 14.9. The lowest BCUT2D eigenvalue weighted by Gasteiger charge is -2.31. The van der Waals surface area contributed by atoms with Crippen molar-refractivity contribution in [3.63, 3.8) is 0 Å². The number of aryl methyl sites for hydroxylation is 1. The lowest BCUT2D eigenvalue weighted by Crippen LogP contribution is -2.42. The number of hydrogen-bond acceptors (Lipinski definition) is 4. The lowest BCUT2D eigenvalue weighted by atomic mass is 10.1. The van der Waals surface area contributed by atoms with E-state index in [2.05, 4.69) is 0 Å². The predicted octanol–water partition coefficient (Wildman–Crippen LogP) is 3.34. The summed E-state index contributed by atoms with van der Waals surface area (Å²) >= 11 is 0. The van der Waals surface area contributed by atoms with Gasteiger partial charge in [0.05, 0.1) is 11.7 Å². The molecular weight excluding hydrogens is 320 g/mol. The molecule has 1 aliphatic rings. The largest absolute Gasteiger partial charge is 0.459 e. The first-order valence-electron chi connectivity index (χ1n) is 8.66. The van der Waals surface area contributed by atoms with Gasteiger partial charge in [0.2, 0.25) is 0 Å². The molecule has 25 heavy (non-hydrogen) atoms. The Kier molecular flexibility index (Phi) is 4.97. The van der Waals surface area contributed by atoms with Crippen molar-refractivity contribution in [2.45, 2.75) is 38.9 Å². The average Bonchev–Trinajstić information content (AvgIpc) is 2.96. The first-order valence-corrected chi connectivity index (χ1v) is 8.66. The molecule has 3 rings (SSSR count). The molecule has 0 bridgehead atoms. The molecule has 1 saturated heterocycles. The number of rotatable bonds is 3. The van der Waals surface area contributed by atoms with Crippen LogP contribution in [0.2, 0.25) is 0 Å². The summed E-state index contributed by atoms with van der Waals surface area (Å²) in [6.07, 6.45) is 2.59. The van der Waals surface area contributed by atoms with Crippen molar-refractivity contribution in [2.24, 2.45) is 7.05 Å². The maximum absolute atomic E-state index is 12.6. The molecule has 1 aromatic carbocycles. The van der Waals surface area contributed by atoms with Crippen LogP contribution in [0.4, 0.5) is 4.79 Å². The molecule has 1 aromatic heterocycles. The second-order valence-electron chi connectivity index (χ2n) is 6.69. The van der Waals surface area contributed by atoms with Gasteiger partial charge in [-0.2, -0.15) is 0 Å². The Balaban J connectivity index is 1.60. The molecule has 0 N–H and O–H groups in total. The van der Waals surface area contributed by atoms with Gasteiger partial charge in [-0.3, -0.25) is 0 Å². The van der Waals surface area contributed by atoms with E-state index >= 15 is 0 Å². The molecule has 1 aliphatic heterocycles. The smallest absolute Gasteiger partial charge is 0.410 e. The third-order valence-corrected chi connectivity index (χ3v) is 4.46. The van der Waals surface area contributed by atoms with Gasteiger partial charge in [0.15, 0.2) is 0 Å². The fourth-order valence-electron chi connectivity index (χ4n) is 3.13. The molecule has 1 fully saturated rings. The normalized spacial score (nSPS) is 15.6. The van der Waals surface area contributed by atoms with Crippen LogP contribution in [0.1, 0.15) is 37.0 Å². The Bertz CT molecular complexity index is 773. The van der Waals surface area contributed by atoms with Crippen LogP contribution in [0.25, 0.3) is 10.9 Å². The summed E-state index contributed by atoms with van der Waals surface area (Å²) in [5, 5.41) is 0.896. The van der Waals surface area contributed by atoms with Crippen molar-refractivity contribution in [3.8, 4) is 0 Å². The van der Waals surface area contributed by atoms with Crippen LogP contribution in [-0.2, 0) is 16.5 Å². The molecule has 0 aliphatic carbocycles. The molecule has 0 radical (unpaired) electrons. The van der Waals surface area contributed by atoms with Crippen molar-refractivity contribution in [1.82, 2.24) is 9.47 Å². The number of aromatic nitrogens is 1. The molecule has 0 unspecified atom stereocenters. The first kappa shape index (κ1) is 17.3. The highest BCUT2D eigenvalue weighted by Crippen LogP contribution is 2.22. The van der Waals surface area contributed by atoms with Crippen LogP contribution in [0.5, 0.6) is 0 Å². The summed E-state index contributed by atoms with van der Waals surface area (Å²) in [6.45, 7) is 4.74. The molecule has 0 spiro atoms. The summed E-state index contributed by atoms with van der Waals surface area (Å²) in [5.41, 5.74) is 1.58. The SMILES string of the molecule is CC(C)OC(=O)N1CCC(OC(=O)c2cccc3c2ccn3C)CC1. The number of amides is 1. The summed E-state index contributed by atoms with van der Waals surface area (Å²) in [4.78, 5) is 26.1. The van der Waals surface area contributed by atoms with Crippen LogP contribution >= 0.6 is 0 Å². The topological polar surface area (TPSA) is 60.8 Å². The highest BCUT2D eigenvalue weighted by Gasteiger charge is 2.27. The van der Waals surface area contributed by atoms with Crippen LogP contribution in [0, 0.1) is 0 Å². The molecule has 2 aromatic rings. The van der Waals surface area contributed by atoms with E-state index in [0.717, 1.165) is 10.9 Å². The third kappa shape index (κ3) is 3.78. The minimum Gasteiger partial charge on any atom is -0.459 e. The monoisotopic (exact) mass is 344 g/mol. The van der Waals surface area contributed by atoms with Crippen molar-refractivity contribution >= 4 is 23.0 Å². The van der Waals surface area contributed by atoms with Crippen molar-refractivity contribution in [2.75, 3.05) is 13.1 Å². The second-order valence-corrected chi connectivity index (χ2v) is 6.69.